The zero-order valence-corrected chi connectivity index (χ0v) is 18.3. The summed E-state index contributed by atoms with van der Waals surface area (Å²) in [7, 11) is 0. The molecule has 3 N–H and O–H groups in total. The summed E-state index contributed by atoms with van der Waals surface area (Å²) in [4.78, 5) is 40.2. The van der Waals surface area contributed by atoms with E-state index in [1.165, 1.54) is 5.56 Å². The summed E-state index contributed by atoms with van der Waals surface area (Å²) in [6, 6.07) is 10.2. The van der Waals surface area contributed by atoms with Crippen molar-refractivity contribution in [2.24, 2.45) is 0 Å². The van der Waals surface area contributed by atoms with E-state index < -0.39 is 12.1 Å². The molecule has 2 aromatic carbocycles. The van der Waals surface area contributed by atoms with Crippen LogP contribution in [0, 0.1) is 13.8 Å². The Morgan fingerprint density at radius 1 is 1.13 bits per heavy atom. The summed E-state index contributed by atoms with van der Waals surface area (Å²) in [6.07, 6.45) is 0.529. The third kappa shape index (κ3) is 3.87. The van der Waals surface area contributed by atoms with Gasteiger partial charge in [-0.15, -0.1) is 0 Å². The maximum absolute atomic E-state index is 13.4. The van der Waals surface area contributed by atoms with Crippen LogP contribution in [0.1, 0.15) is 41.8 Å². The van der Waals surface area contributed by atoms with Gasteiger partial charge in [0.1, 0.15) is 6.04 Å². The summed E-state index contributed by atoms with van der Waals surface area (Å²) >= 11 is 0. The van der Waals surface area contributed by atoms with Crippen molar-refractivity contribution in [2.75, 3.05) is 11.9 Å². The highest BCUT2D eigenvalue weighted by Gasteiger charge is 2.45. The maximum atomic E-state index is 13.4. The van der Waals surface area contributed by atoms with Crippen molar-refractivity contribution in [1.82, 2.24) is 15.5 Å². The van der Waals surface area contributed by atoms with E-state index in [0.29, 0.717) is 24.2 Å². The number of carbonyl (C=O) groups is 3. The third-order valence-electron chi connectivity index (χ3n) is 6.09. The normalized spacial score (nSPS) is 20.1. The zero-order valence-electron chi connectivity index (χ0n) is 18.3. The molecule has 0 saturated carbocycles. The Labute approximate surface area is 182 Å². The van der Waals surface area contributed by atoms with Gasteiger partial charge >= 0.3 is 6.03 Å². The molecule has 2 aliphatic rings. The second-order valence-electron chi connectivity index (χ2n) is 8.61. The highest BCUT2D eigenvalue weighted by Crippen LogP contribution is 2.33. The number of anilines is 1. The molecular formula is C24H28N4O3. The largest absolute Gasteiger partial charge is 0.336 e. The van der Waals surface area contributed by atoms with Gasteiger partial charge in [-0.25, -0.2) is 4.79 Å². The molecule has 2 atom stereocenters. The Bertz CT molecular complexity index is 1060. The number of carbonyl (C=O) groups excluding carboxylic acids is 3. The number of nitrogens with one attached hydrogen (secondary N) is 3. The van der Waals surface area contributed by atoms with Gasteiger partial charge in [-0.3, -0.25) is 9.59 Å². The topological polar surface area (TPSA) is 90.5 Å². The van der Waals surface area contributed by atoms with Gasteiger partial charge in [0, 0.05) is 12.6 Å². The standard InChI is InChI=1S/C24H28N4O3/c1-13(2)25-24(31)27-20-10-11-28-21(20)22(29)26-19-9-8-16(12-18(19)23(28)30)17-7-5-6-14(3)15(17)4/h5-9,12-13,20-21H,10-11H2,1-4H3,(H,26,29)(H2,25,27,31)/t20-,21-/m0/s1. The number of urea groups is 1. The van der Waals surface area contributed by atoms with Crippen LogP contribution in [0.25, 0.3) is 11.1 Å². The number of nitrogens with zero attached hydrogens (tertiary/aromatic N) is 1. The SMILES string of the molecule is Cc1cccc(-c2ccc3c(c2)C(=O)N2CC[C@H](NC(=O)NC(C)C)[C@H]2C(=O)N3)c1C. The molecule has 0 spiro atoms. The number of benzene rings is 2. The first-order valence-corrected chi connectivity index (χ1v) is 10.7. The first-order valence-electron chi connectivity index (χ1n) is 10.7. The minimum absolute atomic E-state index is 0.0187. The van der Waals surface area contributed by atoms with E-state index in [2.05, 4.69) is 35.9 Å². The zero-order chi connectivity index (χ0) is 22.3. The lowest BCUT2D eigenvalue weighted by molar-refractivity contribution is -0.120. The Morgan fingerprint density at radius 3 is 2.65 bits per heavy atom. The van der Waals surface area contributed by atoms with Gasteiger partial charge < -0.3 is 20.9 Å². The summed E-state index contributed by atoms with van der Waals surface area (Å²) in [5.41, 5.74) is 5.32. The fourth-order valence-electron chi connectivity index (χ4n) is 4.39. The molecule has 4 amide bonds. The smallest absolute Gasteiger partial charge is 0.315 e. The lowest BCUT2D eigenvalue weighted by Gasteiger charge is -2.25. The second kappa shape index (κ2) is 8.06. The molecule has 2 aromatic rings. The van der Waals surface area contributed by atoms with E-state index in [0.717, 1.165) is 16.7 Å². The van der Waals surface area contributed by atoms with Crippen molar-refractivity contribution < 1.29 is 14.4 Å². The monoisotopic (exact) mass is 420 g/mol. The van der Waals surface area contributed by atoms with Crippen LogP contribution in [0.3, 0.4) is 0 Å². The fourth-order valence-corrected chi connectivity index (χ4v) is 4.39. The quantitative estimate of drug-likeness (QED) is 0.712. The molecular weight excluding hydrogens is 392 g/mol. The fraction of sp³-hybridized carbons (Fsp3) is 0.375. The molecule has 0 aromatic heterocycles. The van der Waals surface area contributed by atoms with E-state index in [-0.39, 0.29) is 23.9 Å². The van der Waals surface area contributed by atoms with Crippen LogP contribution < -0.4 is 16.0 Å². The van der Waals surface area contributed by atoms with Crippen LogP contribution in [0.2, 0.25) is 0 Å². The summed E-state index contributed by atoms with van der Waals surface area (Å²) < 4.78 is 0. The van der Waals surface area contributed by atoms with E-state index >= 15 is 0 Å². The van der Waals surface area contributed by atoms with Crippen molar-refractivity contribution in [3.8, 4) is 11.1 Å². The molecule has 31 heavy (non-hydrogen) atoms. The van der Waals surface area contributed by atoms with Crippen LogP contribution in [0.5, 0.6) is 0 Å². The summed E-state index contributed by atoms with van der Waals surface area (Å²) in [6.45, 7) is 8.27. The van der Waals surface area contributed by atoms with E-state index in [9.17, 15) is 14.4 Å². The van der Waals surface area contributed by atoms with E-state index in [4.69, 9.17) is 0 Å². The van der Waals surface area contributed by atoms with Gasteiger partial charge in [0.05, 0.1) is 17.3 Å². The number of fused-ring (bicyclic) bond motifs is 2. The Hall–Kier alpha value is -3.35. The predicted molar refractivity (Wildman–Crippen MR) is 120 cm³/mol. The van der Waals surface area contributed by atoms with Crippen LogP contribution in [-0.2, 0) is 4.79 Å². The third-order valence-corrected chi connectivity index (χ3v) is 6.09. The van der Waals surface area contributed by atoms with Crippen LogP contribution in [-0.4, -0.2) is 47.4 Å². The van der Waals surface area contributed by atoms with Gasteiger partial charge in [-0.05, 0) is 68.5 Å². The van der Waals surface area contributed by atoms with Crippen molar-refractivity contribution in [2.45, 2.75) is 52.2 Å². The molecule has 1 saturated heterocycles. The van der Waals surface area contributed by atoms with Gasteiger partial charge in [0.25, 0.3) is 5.91 Å². The Kier molecular flexibility index (Phi) is 5.43. The molecule has 1 fully saturated rings. The average Bonchev–Trinajstić information content (AvgIpc) is 3.08. The molecule has 0 bridgehead atoms. The first kappa shape index (κ1) is 20.9. The molecule has 7 heteroatoms. The van der Waals surface area contributed by atoms with Crippen molar-refractivity contribution in [3.63, 3.8) is 0 Å². The van der Waals surface area contributed by atoms with Crippen molar-refractivity contribution >= 4 is 23.5 Å². The van der Waals surface area contributed by atoms with Crippen LogP contribution >= 0.6 is 0 Å². The number of hydrogen-bond acceptors (Lipinski definition) is 3. The Balaban J connectivity index is 1.65. The van der Waals surface area contributed by atoms with Crippen molar-refractivity contribution in [3.05, 3.63) is 53.1 Å². The minimum Gasteiger partial charge on any atom is -0.336 e. The van der Waals surface area contributed by atoms with E-state index in [1.807, 2.05) is 38.1 Å². The highest BCUT2D eigenvalue weighted by molar-refractivity contribution is 6.11. The predicted octanol–water partition coefficient (Wildman–Crippen LogP) is 3.21. The summed E-state index contributed by atoms with van der Waals surface area (Å²) in [5, 5.41) is 8.54. The van der Waals surface area contributed by atoms with Gasteiger partial charge in [0.15, 0.2) is 0 Å². The lowest BCUT2D eigenvalue weighted by Crippen LogP contribution is -2.54. The lowest BCUT2D eigenvalue weighted by atomic mass is 9.95. The van der Waals surface area contributed by atoms with Crippen LogP contribution in [0.15, 0.2) is 36.4 Å². The molecule has 0 radical (unpaired) electrons. The second-order valence-corrected chi connectivity index (χ2v) is 8.61. The van der Waals surface area contributed by atoms with Crippen LogP contribution in [0.4, 0.5) is 10.5 Å². The minimum atomic E-state index is -0.734. The van der Waals surface area contributed by atoms with E-state index in [1.54, 1.807) is 11.0 Å². The number of rotatable bonds is 3. The van der Waals surface area contributed by atoms with Gasteiger partial charge in [-0.1, -0.05) is 24.3 Å². The summed E-state index contributed by atoms with van der Waals surface area (Å²) in [5.74, 6) is -0.474. The molecule has 0 aliphatic carbocycles. The average molecular weight is 421 g/mol. The maximum Gasteiger partial charge on any atom is 0.315 e. The molecule has 162 valence electrons. The molecule has 2 aliphatic heterocycles. The number of aryl methyl sites for hydroxylation is 1. The molecule has 0 unspecified atom stereocenters. The molecule has 4 rings (SSSR count). The number of amides is 4. The Morgan fingerprint density at radius 2 is 1.90 bits per heavy atom. The molecule has 2 heterocycles. The first-order chi connectivity index (χ1) is 14.8. The highest BCUT2D eigenvalue weighted by atomic mass is 16.2. The van der Waals surface area contributed by atoms with Gasteiger partial charge in [-0.2, -0.15) is 0 Å². The number of hydrogen-bond donors (Lipinski definition) is 3. The van der Waals surface area contributed by atoms with Gasteiger partial charge in [0.2, 0.25) is 5.91 Å². The molecule has 7 nitrogen and oxygen atoms in total. The van der Waals surface area contributed by atoms with Crippen molar-refractivity contribution in [1.29, 1.82) is 0 Å².